The lowest BCUT2D eigenvalue weighted by atomic mass is 9.99. The number of allylic oxidation sites excluding steroid dienone is 15. The number of ether oxygens (including phenoxy) is 2. The van der Waals surface area contributed by atoms with E-state index >= 15 is 0 Å². The number of rotatable bonds is 51. The van der Waals surface area contributed by atoms with E-state index in [-0.39, 0.29) is 12.5 Å². The van der Waals surface area contributed by atoms with Gasteiger partial charge in [-0.1, -0.05) is 259 Å². The summed E-state index contributed by atoms with van der Waals surface area (Å²) < 4.78 is 11.3. The maximum atomic E-state index is 13.1. The molecule has 0 bridgehead atoms. The third-order valence-electron chi connectivity index (χ3n) is 13.9. The zero-order valence-electron chi connectivity index (χ0n) is 47.3. The number of hydrogen-bond donors (Lipinski definition) is 6. The summed E-state index contributed by atoms with van der Waals surface area (Å²) in [6, 6.07) is -0.844. The molecule has 0 aromatic rings. The highest BCUT2D eigenvalue weighted by Crippen LogP contribution is 2.23. The van der Waals surface area contributed by atoms with E-state index < -0.39 is 49.5 Å². The lowest BCUT2D eigenvalue weighted by Crippen LogP contribution is -2.60. The van der Waals surface area contributed by atoms with Crippen LogP contribution in [0.3, 0.4) is 0 Å². The summed E-state index contributed by atoms with van der Waals surface area (Å²) in [6.45, 7) is 3.65. The minimum Gasteiger partial charge on any atom is -0.394 e. The van der Waals surface area contributed by atoms with Crippen LogP contribution in [0, 0.1) is 0 Å². The Morgan fingerprint density at radius 1 is 0.473 bits per heavy atom. The van der Waals surface area contributed by atoms with Gasteiger partial charge in [-0.15, -0.1) is 0 Å². The van der Waals surface area contributed by atoms with Gasteiger partial charge in [0.2, 0.25) is 5.91 Å². The van der Waals surface area contributed by atoms with Crippen molar-refractivity contribution in [3.8, 4) is 0 Å². The van der Waals surface area contributed by atoms with Crippen LogP contribution in [0.4, 0.5) is 0 Å². The second kappa shape index (κ2) is 53.5. The van der Waals surface area contributed by atoms with Crippen molar-refractivity contribution < 1.29 is 39.8 Å². The highest BCUT2D eigenvalue weighted by Gasteiger charge is 2.44. The van der Waals surface area contributed by atoms with E-state index in [1.54, 1.807) is 6.08 Å². The van der Waals surface area contributed by atoms with Gasteiger partial charge in [-0.3, -0.25) is 4.79 Å². The second-order valence-electron chi connectivity index (χ2n) is 20.8. The Hall–Kier alpha value is -2.89. The molecule has 9 heteroatoms. The van der Waals surface area contributed by atoms with E-state index in [4.69, 9.17) is 9.47 Å². The predicted octanol–water partition coefficient (Wildman–Crippen LogP) is 15.6. The molecule has 1 fully saturated rings. The van der Waals surface area contributed by atoms with Crippen molar-refractivity contribution in [3.63, 3.8) is 0 Å². The molecular formula is C65H113NO8. The number of carbonyl (C=O) groups is 1. The highest BCUT2D eigenvalue weighted by atomic mass is 16.7. The van der Waals surface area contributed by atoms with Crippen LogP contribution in [0.1, 0.15) is 251 Å². The molecule has 0 saturated carbocycles. The number of amides is 1. The molecule has 0 aliphatic carbocycles. The number of carbonyl (C=O) groups excluding carboxylic acids is 1. The summed E-state index contributed by atoms with van der Waals surface area (Å²) in [5, 5.41) is 54.5. The van der Waals surface area contributed by atoms with Gasteiger partial charge in [0, 0.05) is 6.42 Å². The van der Waals surface area contributed by atoms with E-state index in [0.717, 1.165) is 83.5 Å². The van der Waals surface area contributed by atoms with Gasteiger partial charge in [0.1, 0.15) is 24.4 Å². The maximum Gasteiger partial charge on any atom is 0.220 e. The smallest absolute Gasteiger partial charge is 0.220 e. The molecule has 0 aromatic heterocycles. The standard InChI is InChI=1S/C65H113NO8/c1-3-5-7-9-11-13-15-17-19-21-23-25-27-28-29-30-31-33-34-36-38-40-42-44-46-48-50-52-54-59(68)58(57-73-65-64(72)63(71)62(70)60(56-67)74-65)66-61(69)55-53-51-49-47-45-43-41-39-37-35-32-26-24-22-20-18-16-14-12-10-8-6-4-2/h6,8,12,14,18,20,24,26,35,37,41,43-44,46,52,54,58-60,62-65,67-68,70-72H,3-5,7,9-11,13,15-17,19,21-23,25,27-34,36,38-40,42,45,47-51,53,55-57H2,1-2H3,(H,66,69)/b8-6-,14-12-,20-18-,26-24-,37-35-,43-41-,46-44+,54-52+. The molecule has 0 spiro atoms. The lowest BCUT2D eigenvalue weighted by Gasteiger charge is -2.40. The average Bonchev–Trinajstić information content (AvgIpc) is 3.40. The molecule has 7 atom stereocenters. The fraction of sp³-hybridized carbons (Fsp3) is 0.738. The van der Waals surface area contributed by atoms with Crippen LogP contribution in [-0.4, -0.2) is 87.5 Å². The molecule has 1 rings (SSSR count). The molecular weight excluding hydrogens is 923 g/mol. The van der Waals surface area contributed by atoms with E-state index in [1.807, 2.05) is 6.08 Å². The van der Waals surface area contributed by atoms with Gasteiger partial charge in [0.25, 0.3) is 0 Å². The molecule has 74 heavy (non-hydrogen) atoms. The first-order chi connectivity index (χ1) is 36.3. The first kappa shape index (κ1) is 69.1. The number of nitrogens with one attached hydrogen (secondary N) is 1. The van der Waals surface area contributed by atoms with Crippen molar-refractivity contribution in [2.75, 3.05) is 13.2 Å². The van der Waals surface area contributed by atoms with Crippen LogP contribution in [0.25, 0.3) is 0 Å². The minimum atomic E-state index is -1.58. The van der Waals surface area contributed by atoms with Gasteiger partial charge in [-0.2, -0.15) is 0 Å². The minimum absolute atomic E-state index is 0.213. The van der Waals surface area contributed by atoms with Crippen LogP contribution in [-0.2, 0) is 14.3 Å². The van der Waals surface area contributed by atoms with Crippen molar-refractivity contribution in [1.29, 1.82) is 0 Å². The number of unbranched alkanes of at least 4 members (excludes halogenated alkanes) is 27. The Labute approximate surface area is 453 Å². The molecule has 1 heterocycles. The van der Waals surface area contributed by atoms with E-state index in [0.29, 0.717) is 12.8 Å². The Balaban J connectivity index is 2.26. The normalized spacial score (nSPS) is 19.7. The molecule has 1 saturated heterocycles. The molecule has 1 aliphatic rings. The predicted molar refractivity (Wildman–Crippen MR) is 313 cm³/mol. The monoisotopic (exact) mass is 1040 g/mol. The average molecular weight is 1040 g/mol. The van der Waals surface area contributed by atoms with Crippen LogP contribution < -0.4 is 5.32 Å². The molecule has 426 valence electrons. The summed E-state index contributed by atoms with van der Waals surface area (Å²) in [5.41, 5.74) is 0. The molecule has 6 N–H and O–H groups in total. The Morgan fingerprint density at radius 2 is 0.851 bits per heavy atom. The van der Waals surface area contributed by atoms with Crippen molar-refractivity contribution in [2.24, 2.45) is 0 Å². The number of aliphatic hydroxyl groups is 5. The van der Waals surface area contributed by atoms with Crippen LogP contribution in [0.5, 0.6) is 0 Å². The van der Waals surface area contributed by atoms with Crippen molar-refractivity contribution in [2.45, 2.75) is 294 Å². The van der Waals surface area contributed by atoms with Gasteiger partial charge in [0.05, 0.1) is 25.4 Å². The van der Waals surface area contributed by atoms with Crippen LogP contribution in [0.2, 0.25) is 0 Å². The fourth-order valence-corrected chi connectivity index (χ4v) is 9.12. The molecule has 1 amide bonds. The lowest BCUT2D eigenvalue weighted by molar-refractivity contribution is -0.302. The zero-order chi connectivity index (χ0) is 53.6. The maximum absolute atomic E-state index is 13.1. The SMILES string of the molecule is CC/C=C\C/C=C\C/C=C\C/C=C\C/C=C\C/C=C\CCCCCCC(=O)NC(COC1OC(CO)C(O)C(O)C1O)C(O)/C=C/CC/C=C/CCCCCCCCCCCCCCCCCCCCCCCC. The molecule has 1 aliphatic heterocycles. The first-order valence-electron chi connectivity index (χ1n) is 30.5. The van der Waals surface area contributed by atoms with Crippen molar-refractivity contribution in [3.05, 3.63) is 97.2 Å². The second-order valence-corrected chi connectivity index (χ2v) is 20.8. The third-order valence-corrected chi connectivity index (χ3v) is 13.9. The Kier molecular flexibility index (Phi) is 50.0. The summed E-state index contributed by atoms with van der Waals surface area (Å²) in [4.78, 5) is 13.1. The van der Waals surface area contributed by atoms with Crippen molar-refractivity contribution in [1.82, 2.24) is 5.32 Å². The largest absolute Gasteiger partial charge is 0.394 e. The fourth-order valence-electron chi connectivity index (χ4n) is 9.12. The summed E-state index contributed by atoms with van der Waals surface area (Å²) in [5.74, 6) is -0.213. The molecule has 0 radical (unpaired) electrons. The van der Waals surface area contributed by atoms with Crippen molar-refractivity contribution >= 4 is 5.91 Å². The van der Waals surface area contributed by atoms with Gasteiger partial charge >= 0.3 is 0 Å². The zero-order valence-corrected chi connectivity index (χ0v) is 47.3. The summed E-state index contributed by atoms with van der Waals surface area (Å²) in [6.07, 6.45) is 70.5. The topological polar surface area (TPSA) is 149 Å². The van der Waals surface area contributed by atoms with Crippen LogP contribution >= 0.6 is 0 Å². The first-order valence-corrected chi connectivity index (χ1v) is 30.5. The third kappa shape index (κ3) is 42.2. The Bertz CT molecular complexity index is 1480. The summed E-state index contributed by atoms with van der Waals surface area (Å²) in [7, 11) is 0. The van der Waals surface area contributed by atoms with Gasteiger partial charge in [0.15, 0.2) is 6.29 Å². The molecule has 0 aromatic carbocycles. The summed E-state index contributed by atoms with van der Waals surface area (Å²) >= 11 is 0. The van der Waals surface area contributed by atoms with E-state index in [9.17, 15) is 30.3 Å². The van der Waals surface area contributed by atoms with E-state index in [1.165, 1.54) is 141 Å². The molecule has 7 unspecified atom stereocenters. The van der Waals surface area contributed by atoms with Crippen LogP contribution in [0.15, 0.2) is 97.2 Å². The number of hydrogen-bond acceptors (Lipinski definition) is 8. The number of aliphatic hydroxyl groups excluding tert-OH is 5. The Morgan fingerprint density at radius 3 is 1.30 bits per heavy atom. The molecule has 9 nitrogen and oxygen atoms in total. The van der Waals surface area contributed by atoms with Gasteiger partial charge in [-0.05, 0) is 83.5 Å². The van der Waals surface area contributed by atoms with Gasteiger partial charge < -0.3 is 40.3 Å². The van der Waals surface area contributed by atoms with Gasteiger partial charge in [-0.25, -0.2) is 0 Å². The van der Waals surface area contributed by atoms with E-state index in [2.05, 4.69) is 104 Å². The highest BCUT2D eigenvalue weighted by molar-refractivity contribution is 5.76. The quantitative estimate of drug-likeness (QED) is 0.0261.